The fourth-order valence-corrected chi connectivity index (χ4v) is 1.13. The van der Waals surface area contributed by atoms with Gasteiger partial charge in [-0.25, -0.2) is 4.79 Å². The summed E-state index contributed by atoms with van der Waals surface area (Å²) in [6.07, 6.45) is 0. The minimum absolute atomic E-state index is 0.0277. The van der Waals surface area contributed by atoms with Crippen molar-refractivity contribution in [1.82, 2.24) is 10.6 Å². The maximum atomic E-state index is 11.5. The molecule has 0 aromatic heterocycles. The molecule has 1 aromatic carbocycles. The molecule has 0 bridgehead atoms. The van der Waals surface area contributed by atoms with E-state index >= 15 is 0 Å². The van der Waals surface area contributed by atoms with E-state index in [2.05, 4.69) is 10.6 Å². The van der Waals surface area contributed by atoms with Crippen LogP contribution in [0.5, 0.6) is 5.75 Å². The molecule has 0 saturated heterocycles. The number of carbonyl (C=O) groups excluding carboxylic acids is 3. The monoisotopic (exact) mass is 266 g/mol. The van der Waals surface area contributed by atoms with E-state index in [4.69, 9.17) is 9.84 Å². The van der Waals surface area contributed by atoms with Crippen molar-refractivity contribution in [2.45, 2.75) is 0 Å². The van der Waals surface area contributed by atoms with Gasteiger partial charge in [-0.1, -0.05) is 0 Å². The van der Waals surface area contributed by atoms with Gasteiger partial charge in [-0.2, -0.15) is 0 Å². The van der Waals surface area contributed by atoms with Gasteiger partial charge in [0.2, 0.25) is 5.91 Å². The zero-order valence-electron chi connectivity index (χ0n) is 10.3. The fourth-order valence-electron chi connectivity index (χ4n) is 1.13. The van der Waals surface area contributed by atoms with Gasteiger partial charge in [0.05, 0.1) is 12.1 Å². The Morgan fingerprint density at radius 1 is 1.16 bits per heavy atom. The number of esters is 1. The molecule has 0 aliphatic heterocycles. The molecule has 3 N–H and O–H groups in total. The molecule has 0 atom stereocenters. The minimum Gasteiger partial charge on any atom is -0.508 e. The largest absolute Gasteiger partial charge is 0.508 e. The summed E-state index contributed by atoms with van der Waals surface area (Å²) in [5, 5.41) is 13.7. The number of hydrogen-bond donors (Lipinski definition) is 3. The Kier molecular flexibility index (Phi) is 5.34. The van der Waals surface area contributed by atoms with Crippen LogP contribution < -0.4 is 10.6 Å². The Morgan fingerprint density at radius 2 is 1.79 bits per heavy atom. The molecule has 2 amide bonds. The van der Waals surface area contributed by atoms with Gasteiger partial charge in [0.15, 0.2) is 6.61 Å². The molecule has 7 heteroatoms. The maximum Gasteiger partial charge on any atom is 0.338 e. The van der Waals surface area contributed by atoms with Crippen LogP contribution in [-0.4, -0.2) is 43.1 Å². The Balaban J connectivity index is 2.36. The van der Waals surface area contributed by atoms with E-state index in [1.165, 1.54) is 31.3 Å². The van der Waals surface area contributed by atoms with Gasteiger partial charge in [-0.05, 0) is 24.3 Å². The van der Waals surface area contributed by atoms with Crippen LogP contribution in [0.25, 0.3) is 0 Å². The lowest BCUT2D eigenvalue weighted by Crippen LogP contribution is -2.37. The zero-order valence-corrected chi connectivity index (χ0v) is 10.3. The highest BCUT2D eigenvalue weighted by molar-refractivity contribution is 5.92. The topological polar surface area (TPSA) is 105 Å². The molecule has 0 radical (unpaired) electrons. The van der Waals surface area contributed by atoms with Crippen molar-refractivity contribution in [1.29, 1.82) is 0 Å². The zero-order chi connectivity index (χ0) is 14.3. The molecule has 0 spiro atoms. The Bertz CT molecular complexity index is 470. The smallest absolute Gasteiger partial charge is 0.338 e. The SMILES string of the molecule is CNC(=O)CNC(=O)COC(=O)c1ccc(O)cc1. The van der Waals surface area contributed by atoms with Gasteiger partial charge in [-0.3, -0.25) is 9.59 Å². The number of rotatable bonds is 5. The summed E-state index contributed by atoms with van der Waals surface area (Å²) in [4.78, 5) is 33.6. The third-order valence-corrected chi connectivity index (χ3v) is 2.16. The van der Waals surface area contributed by atoms with Crippen molar-refractivity contribution in [2.75, 3.05) is 20.2 Å². The fraction of sp³-hybridized carbons (Fsp3) is 0.250. The van der Waals surface area contributed by atoms with Gasteiger partial charge < -0.3 is 20.5 Å². The lowest BCUT2D eigenvalue weighted by atomic mass is 10.2. The minimum atomic E-state index is -0.685. The number of likely N-dealkylation sites (N-methyl/N-ethyl adjacent to an activating group) is 1. The van der Waals surface area contributed by atoms with Crippen molar-refractivity contribution in [3.05, 3.63) is 29.8 Å². The first-order chi connectivity index (χ1) is 9.02. The maximum absolute atomic E-state index is 11.5. The highest BCUT2D eigenvalue weighted by Crippen LogP contribution is 2.10. The van der Waals surface area contributed by atoms with Gasteiger partial charge >= 0.3 is 5.97 Å². The number of amides is 2. The normalized spacial score (nSPS) is 9.53. The van der Waals surface area contributed by atoms with Crippen molar-refractivity contribution in [3.8, 4) is 5.75 Å². The molecule has 0 fully saturated rings. The van der Waals surface area contributed by atoms with Crippen molar-refractivity contribution in [2.24, 2.45) is 0 Å². The molecule has 1 aromatic rings. The number of phenols is 1. The molecule has 0 unspecified atom stereocenters. The number of aromatic hydroxyl groups is 1. The van der Waals surface area contributed by atoms with E-state index < -0.39 is 18.5 Å². The first-order valence-electron chi connectivity index (χ1n) is 5.46. The quantitative estimate of drug-likeness (QED) is 0.618. The Hall–Kier alpha value is -2.57. The van der Waals surface area contributed by atoms with E-state index in [9.17, 15) is 14.4 Å². The molecule has 0 aliphatic rings. The van der Waals surface area contributed by atoms with Crippen LogP contribution in [0, 0.1) is 0 Å². The summed E-state index contributed by atoms with van der Waals surface area (Å²) < 4.78 is 4.73. The van der Waals surface area contributed by atoms with Crippen LogP contribution >= 0.6 is 0 Å². The van der Waals surface area contributed by atoms with Gasteiger partial charge in [0.1, 0.15) is 5.75 Å². The number of hydrogen-bond acceptors (Lipinski definition) is 5. The number of ether oxygens (including phenoxy) is 1. The van der Waals surface area contributed by atoms with Crippen LogP contribution in [0.15, 0.2) is 24.3 Å². The van der Waals surface area contributed by atoms with Crippen LogP contribution in [0.3, 0.4) is 0 Å². The molecular weight excluding hydrogens is 252 g/mol. The van der Waals surface area contributed by atoms with Crippen LogP contribution in [-0.2, 0) is 14.3 Å². The summed E-state index contributed by atoms with van der Waals surface area (Å²) in [6.45, 7) is -0.650. The van der Waals surface area contributed by atoms with E-state index in [1.54, 1.807) is 0 Å². The van der Waals surface area contributed by atoms with Crippen LogP contribution in [0.4, 0.5) is 0 Å². The summed E-state index contributed by atoms with van der Waals surface area (Å²) in [6, 6.07) is 5.42. The summed E-state index contributed by atoms with van der Waals surface area (Å²) >= 11 is 0. The molecule has 7 nitrogen and oxygen atoms in total. The average molecular weight is 266 g/mol. The predicted octanol–water partition coefficient (Wildman–Crippen LogP) is -0.589. The average Bonchev–Trinajstić information content (AvgIpc) is 2.42. The van der Waals surface area contributed by atoms with Gasteiger partial charge in [-0.15, -0.1) is 0 Å². The summed E-state index contributed by atoms with van der Waals surface area (Å²) in [5.41, 5.74) is 0.219. The van der Waals surface area contributed by atoms with E-state index in [0.29, 0.717) is 0 Å². The molecule has 102 valence electrons. The molecule has 0 saturated carbocycles. The number of carbonyl (C=O) groups is 3. The van der Waals surface area contributed by atoms with Crippen LogP contribution in [0.1, 0.15) is 10.4 Å². The van der Waals surface area contributed by atoms with Crippen LogP contribution in [0.2, 0.25) is 0 Å². The summed E-state index contributed by atoms with van der Waals surface area (Å²) in [5.74, 6) is -1.58. The highest BCUT2D eigenvalue weighted by atomic mass is 16.5. The van der Waals surface area contributed by atoms with E-state index in [-0.39, 0.29) is 23.8 Å². The first kappa shape index (κ1) is 14.5. The Morgan fingerprint density at radius 3 is 2.37 bits per heavy atom. The lowest BCUT2D eigenvalue weighted by Gasteiger charge is -2.06. The second-order valence-electron chi connectivity index (χ2n) is 3.57. The molecule has 1 rings (SSSR count). The molecule has 0 heterocycles. The third-order valence-electron chi connectivity index (χ3n) is 2.16. The van der Waals surface area contributed by atoms with Crippen molar-refractivity contribution < 1.29 is 24.2 Å². The second-order valence-corrected chi connectivity index (χ2v) is 3.57. The number of benzene rings is 1. The predicted molar refractivity (Wildman–Crippen MR) is 65.5 cm³/mol. The number of nitrogens with one attached hydrogen (secondary N) is 2. The summed E-state index contributed by atoms with van der Waals surface area (Å²) in [7, 11) is 1.44. The first-order valence-corrected chi connectivity index (χ1v) is 5.46. The standard InChI is InChI=1S/C12H14N2O5/c1-13-10(16)6-14-11(17)7-19-12(18)8-2-4-9(15)5-3-8/h2-5,15H,6-7H2,1H3,(H,13,16)(H,14,17). The lowest BCUT2D eigenvalue weighted by molar-refractivity contribution is -0.127. The molecule has 19 heavy (non-hydrogen) atoms. The number of phenolic OH excluding ortho intramolecular Hbond substituents is 1. The van der Waals surface area contributed by atoms with E-state index in [1.807, 2.05) is 0 Å². The molecular formula is C12H14N2O5. The van der Waals surface area contributed by atoms with E-state index in [0.717, 1.165) is 0 Å². The Labute approximate surface area is 109 Å². The highest BCUT2D eigenvalue weighted by Gasteiger charge is 2.10. The van der Waals surface area contributed by atoms with Crippen molar-refractivity contribution in [3.63, 3.8) is 0 Å². The molecule has 0 aliphatic carbocycles. The van der Waals surface area contributed by atoms with Crippen molar-refractivity contribution >= 4 is 17.8 Å². The van der Waals surface area contributed by atoms with Gasteiger partial charge in [0.25, 0.3) is 5.91 Å². The van der Waals surface area contributed by atoms with Gasteiger partial charge in [0, 0.05) is 7.05 Å². The second kappa shape index (κ2) is 7.00. The third kappa shape index (κ3) is 5.07.